The minimum absolute atomic E-state index is 0.148. The Morgan fingerprint density at radius 2 is 1.88 bits per heavy atom. The van der Waals surface area contributed by atoms with Gasteiger partial charge in [0.25, 0.3) is 0 Å². The molecule has 8 heteroatoms. The van der Waals surface area contributed by atoms with Crippen molar-refractivity contribution in [1.29, 1.82) is 0 Å². The molecule has 130 valence electrons. The van der Waals surface area contributed by atoms with Crippen molar-refractivity contribution in [2.75, 3.05) is 11.9 Å². The number of aliphatic imine (C=N–C) groups is 1. The van der Waals surface area contributed by atoms with Crippen LogP contribution in [0.2, 0.25) is 0 Å². The Labute approximate surface area is 142 Å². The van der Waals surface area contributed by atoms with Crippen molar-refractivity contribution in [3.63, 3.8) is 0 Å². The summed E-state index contributed by atoms with van der Waals surface area (Å²) >= 11 is 1.66. The number of ether oxygens (including phenoxy) is 1. The second-order valence-corrected chi connectivity index (χ2v) is 6.71. The Kier molecular flexibility index (Phi) is 5.38. The van der Waals surface area contributed by atoms with Gasteiger partial charge in [-0.1, -0.05) is 19.9 Å². The van der Waals surface area contributed by atoms with Gasteiger partial charge >= 0.3 is 6.36 Å². The molecule has 0 aliphatic carbocycles. The quantitative estimate of drug-likeness (QED) is 0.618. The number of halogens is 3. The lowest BCUT2D eigenvalue weighted by Crippen LogP contribution is -2.27. The van der Waals surface area contributed by atoms with E-state index in [1.807, 2.05) is 17.5 Å². The van der Waals surface area contributed by atoms with Crippen LogP contribution in [0.15, 0.2) is 46.8 Å². The minimum Gasteiger partial charge on any atom is -0.406 e. The molecule has 0 saturated carbocycles. The largest absolute Gasteiger partial charge is 0.573 e. The van der Waals surface area contributed by atoms with Crippen LogP contribution in [0.1, 0.15) is 18.7 Å². The lowest BCUT2D eigenvalue weighted by atomic mass is 9.92. The number of alkyl halides is 3. The maximum Gasteiger partial charge on any atom is 0.573 e. The van der Waals surface area contributed by atoms with Crippen LogP contribution < -0.4 is 15.8 Å². The lowest BCUT2D eigenvalue weighted by Gasteiger charge is -2.21. The number of anilines is 1. The second kappa shape index (κ2) is 7.12. The molecule has 0 radical (unpaired) electrons. The Morgan fingerprint density at radius 3 is 2.42 bits per heavy atom. The fourth-order valence-corrected chi connectivity index (χ4v) is 2.80. The highest BCUT2D eigenvalue weighted by atomic mass is 32.1. The van der Waals surface area contributed by atoms with Gasteiger partial charge in [0.1, 0.15) is 5.75 Å². The number of rotatable bonds is 5. The molecule has 24 heavy (non-hydrogen) atoms. The highest BCUT2D eigenvalue weighted by Crippen LogP contribution is 2.28. The fraction of sp³-hybridized carbons (Fsp3) is 0.312. The number of nitrogens with two attached hydrogens (primary N) is 1. The van der Waals surface area contributed by atoms with E-state index in [-0.39, 0.29) is 17.1 Å². The van der Waals surface area contributed by atoms with Gasteiger partial charge in [0.15, 0.2) is 5.96 Å². The van der Waals surface area contributed by atoms with Crippen molar-refractivity contribution >= 4 is 23.0 Å². The van der Waals surface area contributed by atoms with Crippen molar-refractivity contribution in [2.24, 2.45) is 10.7 Å². The summed E-state index contributed by atoms with van der Waals surface area (Å²) in [7, 11) is 0. The van der Waals surface area contributed by atoms with Crippen LogP contribution in [-0.2, 0) is 5.41 Å². The first-order valence-electron chi connectivity index (χ1n) is 7.12. The van der Waals surface area contributed by atoms with E-state index in [1.165, 1.54) is 29.1 Å². The SMILES string of the molecule is CC(C)(CN=C(N)Nc1ccc(OC(F)(F)F)cc1)c1cccs1. The van der Waals surface area contributed by atoms with E-state index < -0.39 is 6.36 Å². The van der Waals surface area contributed by atoms with Gasteiger partial charge < -0.3 is 15.8 Å². The third-order valence-electron chi connectivity index (χ3n) is 3.19. The maximum absolute atomic E-state index is 12.1. The van der Waals surface area contributed by atoms with E-state index in [9.17, 15) is 13.2 Å². The van der Waals surface area contributed by atoms with E-state index >= 15 is 0 Å². The molecule has 0 saturated heterocycles. The van der Waals surface area contributed by atoms with Gasteiger partial charge in [-0.15, -0.1) is 24.5 Å². The first kappa shape index (κ1) is 18.1. The van der Waals surface area contributed by atoms with Crippen LogP contribution in [0, 0.1) is 0 Å². The molecule has 1 aromatic carbocycles. The molecule has 3 N–H and O–H groups in total. The number of hydrogen-bond donors (Lipinski definition) is 2. The molecule has 0 bridgehead atoms. The van der Waals surface area contributed by atoms with Gasteiger partial charge in [-0.2, -0.15) is 0 Å². The van der Waals surface area contributed by atoms with Crippen molar-refractivity contribution in [3.8, 4) is 5.75 Å². The summed E-state index contributed by atoms with van der Waals surface area (Å²) < 4.78 is 40.1. The number of hydrogen-bond acceptors (Lipinski definition) is 3. The zero-order valence-corrected chi connectivity index (χ0v) is 14.0. The molecule has 1 heterocycles. The third-order valence-corrected chi connectivity index (χ3v) is 4.43. The van der Waals surface area contributed by atoms with Crippen molar-refractivity contribution in [2.45, 2.75) is 25.6 Å². The van der Waals surface area contributed by atoms with Crippen LogP contribution in [0.5, 0.6) is 5.75 Å². The highest BCUT2D eigenvalue weighted by Gasteiger charge is 2.30. The fourth-order valence-electron chi connectivity index (χ4n) is 1.95. The lowest BCUT2D eigenvalue weighted by molar-refractivity contribution is -0.274. The van der Waals surface area contributed by atoms with Crippen LogP contribution in [-0.4, -0.2) is 18.9 Å². The van der Waals surface area contributed by atoms with Crippen LogP contribution in [0.25, 0.3) is 0 Å². The van der Waals surface area contributed by atoms with Gasteiger partial charge in [0.2, 0.25) is 0 Å². The monoisotopic (exact) mass is 357 g/mol. The van der Waals surface area contributed by atoms with E-state index in [1.54, 1.807) is 11.3 Å². The second-order valence-electron chi connectivity index (χ2n) is 5.76. The molecule has 2 aromatic rings. The molecule has 0 spiro atoms. The molecule has 0 unspecified atom stereocenters. The Hall–Kier alpha value is -2.22. The highest BCUT2D eigenvalue weighted by molar-refractivity contribution is 7.10. The van der Waals surface area contributed by atoms with Crippen molar-refractivity contribution in [3.05, 3.63) is 46.7 Å². The molecule has 0 aliphatic heterocycles. The van der Waals surface area contributed by atoms with Gasteiger partial charge in [0.05, 0.1) is 6.54 Å². The first-order chi connectivity index (χ1) is 11.2. The molecule has 4 nitrogen and oxygen atoms in total. The number of nitrogens with one attached hydrogen (secondary N) is 1. The topological polar surface area (TPSA) is 59.6 Å². The molecule has 0 amide bonds. The predicted octanol–water partition coefficient (Wildman–Crippen LogP) is 4.35. The molecule has 0 atom stereocenters. The molecular formula is C16H18F3N3OS. The molecule has 2 rings (SSSR count). The Morgan fingerprint density at radius 1 is 1.21 bits per heavy atom. The maximum atomic E-state index is 12.1. The summed E-state index contributed by atoms with van der Waals surface area (Å²) in [4.78, 5) is 5.51. The standard InChI is InChI=1S/C16H18F3N3OS/c1-15(2,13-4-3-9-24-13)10-21-14(20)22-11-5-7-12(8-6-11)23-16(17,18)19/h3-9H,10H2,1-2H3,(H3,20,21,22). The van der Waals surface area contributed by atoms with Crippen molar-refractivity contribution in [1.82, 2.24) is 0 Å². The van der Waals surface area contributed by atoms with Crippen molar-refractivity contribution < 1.29 is 17.9 Å². The van der Waals surface area contributed by atoms with E-state index in [4.69, 9.17) is 5.73 Å². The first-order valence-corrected chi connectivity index (χ1v) is 8.00. The summed E-state index contributed by atoms with van der Waals surface area (Å²) in [6, 6.07) is 9.32. The number of nitrogens with zero attached hydrogens (tertiary/aromatic N) is 1. The van der Waals surface area contributed by atoms with Gasteiger partial charge in [-0.25, -0.2) is 0 Å². The molecule has 0 aliphatic rings. The van der Waals surface area contributed by atoms with Gasteiger partial charge in [0, 0.05) is 16.0 Å². The van der Waals surface area contributed by atoms with Crippen LogP contribution >= 0.6 is 11.3 Å². The third kappa shape index (κ3) is 5.45. The normalized spacial score (nSPS) is 13.0. The summed E-state index contributed by atoms with van der Waals surface area (Å²) in [6.45, 7) is 4.62. The number of guanidine groups is 1. The average Bonchev–Trinajstić information content (AvgIpc) is 3.01. The summed E-state index contributed by atoms with van der Waals surface area (Å²) in [6.07, 6.45) is -4.71. The smallest absolute Gasteiger partial charge is 0.406 e. The average molecular weight is 357 g/mol. The van der Waals surface area contributed by atoms with Crippen LogP contribution in [0.3, 0.4) is 0 Å². The number of benzene rings is 1. The summed E-state index contributed by atoms with van der Waals surface area (Å²) in [5.74, 6) is -0.0912. The zero-order chi connectivity index (χ0) is 17.8. The van der Waals surface area contributed by atoms with Crippen LogP contribution in [0.4, 0.5) is 18.9 Å². The Balaban J connectivity index is 1.95. The minimum atomic E-state index is -4.71. The molecular weight excluding hydrogens is 339 g/mol. The summed E-state index contributed by atoms with van der Waals surface area (Å²) in [5, 5.41) is 4.85. The summed E-state index contributed by atoms with van der Waals surface area (Å²) in [5.41, 5.74) is 6.22. The van der Waals surface area contributed by atoms with E-state index in [0.717, 1.165) is 0 Å². The Bertz CT molecular complexity index is 680. The van der Waals surface area contributed by atoms with Gasteiger partial charge in [-0.05, 0) is 35.7 Å². The van der Waals surface area contributed by atoms with E-state index in [0.29, 0.717) is 12.2 Å². The van der Waals surface area contributed by atoms with E-state index in [2.05, 4.69) is 28.9 Å². The zero-order valence-electron chi connectivity index (χ0n) is 13.2. The predicted molar refractivity (Wildman–Crippen MR) is 90.6 cm³/mol. The van der Waals surface area contributed by atoms with Gasteiger partial charge in [-0.3, -0.25) is 4.99 Å². The molecule has 1 aromatic heterocycles. The molecule has 0 fully saturated rings. The number of thiophene rings is 1.